The number of aryl methyl sites for hydroxylation is 1. The van der Waals surface area contributed by atoms with Crippen molar-refractivity contribution in [3.8, 4) is 0 Å². The number of carbonyl (C=O) groups excluding carboxylic acids is 1. The third kappa shape index (κ3) is 1.69. The third-order valence-corrected chi connectivity index (χ3v) is 6.80. The molecule has 2 bridgehead atoms. The highest BCUT2D eigenvalue weighted by atomic mass is 32.1. The first-order chi connectivity index (χ1) is 8.86. The molecule has 1 aromatic heterocycles. The Morgan fingerprint density at radius 2 is 2.21 bits per heavy atom. The van der Waals surface area contributed by atoms with E-state index in [-0.39, 0.29) is 22.9 Å². The van der Waals surface area contributed by atoms with Crippen molar-refractivity contribution in [2.24, 2.45) is 16.7 Å². The van der Waals surface area contributed by atoms with Crippen LogP contribution in [0, 0.1) is 23.7 Å². The molecule has 0 amide bonds. The van der Waals surface area contributed by atoms with Crippen LogP contribution in [0.2, 0.25) is 0 Å². The van der Waals surface area contributed by atoms with E-state index in [2.05, 4.69) is 25.8 Å². The number of ether oxygens (including phenoxy) is 1. The van der Waals surface area contributed by atoms with Gasteiger partial charge in [-0.2, -0.15) is 0 Å². The van der Waals surface area contributed by atoms with Crippen LogP contribution in [0.15, 0.2) is 5.51 Å². The second-order valence-corrected chi connectivity index (χ2v) is 7.63. The highest BCUT2D eigenvalue weighted by molar-refractivity contribution is 7.11. The minimum absolute atomic E-state index is 0.0650. The average Bonchev–Trinajstić information content (AvgIpc) is 2.90. The van der Waals surface area contributed by atoms with Crippen molar-refractivity contribution in [1.29, 1.82) is 0 Å². The maximum atomic E-state index is 12.3. The molecule has 3 atom stereocenters. The molecule has 0 N–H and O–H groups in total. The van der Waals surface area contributed by atoms with E-state index in [1.807, 2.05) is 6.92 Å². The van der Waals surface area contributed by atoms with Crippen molar-refractivity contribution in [3.63, 3.8) is 0 Å². The topological polar surface area (TPSA) is 39.2 Å². The number of aromatic nitrogens is 1. The summed E-state index contributed by atoms with van der Waals surface area (Å²) < 4.78 is 5.84. The smallest absolute Gasteiger partial charge is 0.350 e. The molecule has 3 rings (SSSR count). The van der Waals surface area contributed by atoms with Crippen molar-refractivity contribution in [3.05, 3.63) is 16.1 Å². The van der Waals surface area contributed by atoms with Crippen LogP contribution in [-0.2, 0) is 4.74 Å². The van der Waals surface area contributed by atoms with Gasteiger partial charge in [-0.05, 0) is 37.5 Å². The lowest BCUT2D eigenvalue weighted by atomic mass is 9.70. The summed E-state index contributed by atoms with van der Waals surface area (Å²) in [5.74, 6) is 0.507. The molecule has 2 saturated carbocycles. The summed E-state index contributed by atoms with van der Waals surface area (Å²) in [6.45, 7) is 8.81. The van der Waals surface area contributed by atoms with Crippen LogP contribution in [0.5, 0.6) is 0 Å². The second-order valence-electron chi connectivity index (χ2n) is 6.77. The number of rotatable bonds is 2. The molecular weight excluding hydrogens is 258 g/mol. The van der Waals surface area contributed by atoms with E-state index in [0.29, 0.717) is 10.8 Å². The summed E-state index contributed by atoms with van der Waals surface area (Å²) in [4.78, 5) is 17.0. The molecule has 4 heteroatoms. The highest BCUT2D eigenvalue weighted by Crippen LogP contribution is 2.66. The van der Waals surface area contributed by atoms with Crippen molar-refractivity contribution in [2.45, 2.75) is 53.1 Å². The zero-order valence-corrected chi connectivity index (χ0v) is 12.8. The van der Waals surface area contributed by atoms with Crippen LogP contribution in [0.3, 0.4) is 0 Å². The fourth-order valence-electron chi connectivity index (χ4n) is 3.99. The first-order valence-corrected chi connectivity index (χ1v) is 7.85. The standard InChI is InChI=1S/C15H21NO2S/c1-9-12(19-8-16-9)13(17)18-11-7-10-5-6-15(11,4)14(10,2)3/h8,10-11H,5-7H2,1-4H3. The first-order valence-electron chi connectivity index (χ1n) is 6.97. The molecular formula is C15H21NO2S. The number of carbonyl (C=O) groups is 1. The van der Waals surface area contributed by atoms with Gasteiger partial charge >= 0.3 is 5.97 Å². The monoisotopic (exact) mass is 279 g/mol. The largest absolute Gasteiger partial charge is 0.458 e. The van der Waals surface area contributed by atoms with Gasteiger partial charge < -0.3 is 4.74 Å². The predicted octanol–water partition coefficient (Wildman–Crippen LogP) is 3.82. The number of esters is 1. The molecule has 2 aliphatic carbocycles. The van der Waals surface area contributed by atoms with Gasteiger partial charge in [0, 0.05) is 5.41 Å². The van der Waals surface area contributed by atoms with Crippen molar-refractivity contribution < 1.29 is 9.53 Å². The maximum absolute atomic E-state index is 12.3. The lowest BCUT2D eigenvalue weighted by Crippen LogP contribution is -2.38. The quantitative estimate of drug-likeness (QED) is 0.772. The Kier molecular flexibility index (Phi) is 2.79. The van der Waals surface area contributed by atoms with Gasteiger partial charge in [-0.1, -0.05) is 20.8 Å². The normalized spacial score (nSPS) is 35.6. The van der Waals surface area contributed by atoms with Crippen molar-refractivity contribution in [1.82, 2.24) is 4.98 Å². The maximum Gasteiger partial charge on any atom is 0.350 e. The number of hydrogen-bond donors (Lipinski definition) is 0. The lowest BCUT2D eigenvalue weighted by molar-refractivity contribution is -0.0239. The van der Waals surface area contributed by atoms with E-state index in [1.54, 1.807) is 5.51 Å². The van der Waals surface area contributed by atoms with Gasteiger partial charge in [0.1, 0.15) is 11.0 Å². The number of nitrogens with zero attached hydrogens (tertiary/aromatic N) is 1. The van der Waals surface area contributed by atoms with Crippen LogP contribution in [0.1, 0.15) is 55.4 Å². The Morgan fingerprint density at radius 1 is 1.47 bits per heavy atom. The molecule has 3 nitrogen and oxygen atoms in total. The highest BCUT2D eigenvalue weighted by Gasteiger charge is 2.62. The Morgan fingerprint density at radius 3 is 2.68 bits per heavy atom. The molecule has 0 spiro atoms. The molecule has 0 aromatic carbocycles. The average molecular weight is 279 g/mol. The molecule has 1 aromatic rings. The van der Waals surface area contributed by atoms with Crippen LogP contribution in [0.25, 0.3) is 0 Å². The molecule has 2 aliphatic rings. The van der Waals surface area contributed by atoms with Crippen molar-refractivity contribution >= 4 is 17.3 Å². The summed E-state index contributed by atoms with van der Waals surface area (Å²) in [6, 6.07) is 0. The summed E-state index contributed by atoms with van der Waals surface area (Å²) in [6.07, 6.45) is 3.53. The Balaban J connectivity index is 1.79. The molecule has 104 valence electrons. The van der Waals surface area contributed by atoms with E-state index >= 15 is 0 Å². The first kappa shape index (κ1) is 13.1. The van der Waals surface area contributed by atoms with Gasteiger partial charge in [0.15, 0.2) is 0 Å². The Labute approximate surface area is 118 Å². The molecule has 0 radical (unpaired) electrons. The molecule has 0 saturated heterocycles. The zero-order chi connectivity index (χ0) is 13.8. The van der Waals surface area contributed by atoms with Crippen molar-refractivity contribution in [2.75, 3.05) is 0 Å². The lowest BCUT2D eigenvalue weighted by Gasteiger charge is -2.38. The van der Waals surface area contributed by atoms with E-state index in [4.69, 9.17) is 4.74 Å². The zero-order valence-electron chi connectivity index (χ0n) is 12.0. The summed E-state index contributed by atoms with van der Waals surface area (Å²) in [5.41, 5.74) is 2.90. The SMILES string of the molecule is Cc1ncsc1C(=O)OC1CC2CCC1(C)C2(C)C. The fourth-order valence-corrected chi connectivity index (χ4v) is 4.67. The number of hydrogen-bond acceptors (Lipinski definition) is 4. The summed E-state index contributed by atoms with van der Waals surface area (Å²) in [5, 5.41) is 0. The van der Waals surface area contributed by atoms with Crippen LogP contribution >= 0.6 is 11.3 Å². The Hall–Kier alpha value is -0.900. The molecule has 0 aliphatic heterocycles. The minimum atomic E-state index is -0.186. The van der Waals surface area contributed by atoms with Crippen LogP contribution in [-0.4, -0.2) is 17.1 Å². The summed E-state index contributed by atoms with van der Waals surface area (Å²) in [7, 11) is 0. The van der Waals surface area contributed by atoms with E-state index < -0.39 is 0 Å². The molecule has 3 unspecified atom stereocenters. The van der Waals surface area contributed by atoms with Gasteiger partial charge in [-0.25, -0.2) is 9.78 Å². The van der Waals surface area contributed by atoms with Crippen LogP contribution in [0.4, 0.5) is 0 Å². The number of fused-ring (bicyclic) bond motifs is 2. The molecule has 2 fully saturated rings. The summed E-state index contributed by atoms with van der Waals surface area (Å²) >= 11 is 1.37. The van der Waals surface area contributed by atoms with Gasteiger partial charge in [-0.3, -0.25) is 0 Å². The van der Waals surface area contributed by atoms with E-state index in [1.165, 1.54) is 24.2 Å². The van der Waals surface area contributed by atoms with Gasteiger partial charge in [0.2, 0.25) is 0 Å². The van der Waals surface area contributed by atoms with Crippen LogP contribution < -0.4 is 0 Å². The van der Waals surface area contributed by atoms with Gasteiger partial charge in [-0.15, -0.1) is 11.3 Å². The van der Waals surface area contributed by atoms with Gasteiger partial charge in [0.25, 0.3) is 0 Å². The number of thiazole rings is 1. The fraction of sp³-hybridized carbons (Fsp3) is 0.733. The molecule has 1 heterocycles. The third-order valence-electron chi connectivity index (χ3n) is 5.89. The van der Waals surface area contributed by atoms with E-state index in [0.717, 1.165) is 12.1 Å². The predicted molar refractivity (Wildman–Crippen MR) is 75.3 cm³/mol. The van der Waals surface area contributed by atoms with E-state index in [9.17, 15) is 4.79 Å². The minimum Gasteiger partial charge on any atom is -0.458 e. The van der Waals surface area contributed by atoms with Gasteiger partial charge in [0.05, 0.1) is 11.2 Å². The Bertz CT molecular complexity index is 522. The second kappa shape index (κ2) is 4.05. The molecule has 19 heavy (non-hydrogen) atoms.